The molecule has 0 radical (unpaired) electrons. The number of rotatable bonds is 7. The number of aliphatic hydroxyl groups is 1. The fourth-order valence-electron chi connectivity index (χ4n) is 3.10. The van der Waals surface area contributed by atoms with Gasteiger partial charge in [-0.25, -0.2) is 4.39 Å². The van der Waals surface area contributed by atoms with Crippen LogP contribution in [-0.4, -0.2) is 52.1 Å². The van der Waals surface area contributed by atoms with Gasteiger partial charge in [-0.1, -0.05) is 0 Å². The lowest BCUT2D eigenvalue weighted by Gasteiger charge is -2.33. The van der Waals surface area contributed by atoms with E-state index in [-0.39, 0.29) is 12.4 Å². The molecule has 1 aliphatic heterocycles. The van der Waals surface area contributed by atoms with Crippen LogP contribution in [-0.2, 0) is 6.54 Å². The molecule has 130 valence electrons. The lowest BCUT2D eigenvalue weighted by Crippen LogP contribution is -2.41. The van der Waals surface area contributed by atoms with Crippen LogP contribution in [0.5, 0.6) is 5.75 Å². The first kappa shape index (κ1) is 16.9. The molecule has 3 rings (SSSR count). The Kier molecular flexibility index (Phi) is 5.82. The van der Waals surface area contributed by atoms with Crippen molar-refractivity contribution in [2.75, 3.05) is 26.2 Å². The summed E-state index contributed by atoms with van der Waals surface area (Å²) in [5.74, 6) is 0.933. The van der Waals surface area contributed by atoms with Crippen LogP contribution >= 0.6 is 0 Å². The van der Waals surface area contributed by atoms with Crippen LogP contribution in [0.15, 0.2) is 42.7 Å². The maximum Gasteiger partial charge on any atom is 0.123 e. The minimum absolute atomic E-state index is 0.221. The normalized spacial score (nSPS) is 17.8. The summed E-state index contributed by atoms with van der Waals surface area (Å²) in [5, 5.41) is 14.4. The van der Waals surface area contributed by atoms with Crippen molar-refractivity contribution in [3.05, 3.63) is 48.5 Å². The van der Waals surface area contributed by atoms with E-state index >= 15 is 0 Å². The number of hydrogen-bond acceptors (Lipinski definition) is 4. The average molecular weight is 333 g/mol. The van der Waals surface area contributed by atoms with Gasteiger partial charge in [-0.3, -0.25) is 4.68 Å². The standard InChI is InChI=1S/C18H24FN3O2/c19-16-2-4-18(5-3-16)24-14-17(23)13-21-10-6-15(7-11-21)12-22-9-1-8-20-22/h1-5,8-9,15,17,23H,6-7,10-14H2/t17-/m0/s1. The van der Waals surface area contributed by atoms with Crippen LogP contribution in [0.2, 0.25) is 0 Å². The van der Waals surface area contributed by atoms with Crippen molar-refractivity contribution in [1.82, 2.24) is 14.7 Å². The smallest absolute Gasteiger partial charge is 0.123 e. The molecule has 24 heavy (non-hydrogen) atoms. The van der Waals surface area contributed by atoms with E-state index in [1.807, 2.05) is 23.1 Å². The lowest BCUT2D eigenvalue weighted by molar-refractivity contribution is 0.0533. The van der Waals surface area contributed by atoms with Gasteiger partial charge in [0.05, 0.1) is 0 Å². The third-order valence-corrected chi connectivity index (χ3v) is 4.44. The molecule has 1 aromatic heterocycles. The zero-order valence-corrected chi connectivity index (χ0v) is 13.7. The number of hydrogen-bond donors (Lipinski definition) is 1. The molecule has 0 bridgehead atoms. The van der Waals surface area contributed by atoms with Crippen LogP contribution in [0.1, 0.15) is 12.8 Å². The van der Waals surface area contributed by atoms with E-state index in [0.29, 0.717) is 18.2 Å². The van der Waals surface area contributed by atoms with Crippen molar-refractivity contribution >= 4 is 0 Å². The number of halogens is 1. The number of aliphatic hydroxyl groups excluding tert-OH is 1. The zero-order valence-electron chi connectivity index (χ0n) is 13.7. The highest BCUT2D eigenvalue weighted by atomic mass is 19.1. The Labute approximate surface area is 141 Å². The number of β-amino-alcohol motifs (C(OH)–C–C–N with tert-alkyl or cyclic N) is 1. The monoisotopic (exact) mass is 333 g/mol. The second-order valence-corrected chi connectivity index (χ2v) is 6.39. The van der Waals surface area contributed by atoms with Gasteiger partial charge < -0.3 is 14.7 Å². The maximum absolute atomic E-state index is 12.8. The van der Waals surface area contributed by atoms with E-state index in [2.05, 4.69) is 10.00 Å². The summed E-state index contributed by atoms with van der Waals surface area (Å²) < 4.78 is 20.3. The quantitative estimate of drug-likeness (QED) is 0.844. The van der Waals surface area contributed by atoms with E-state index in [1.165, 1.54) is 12.1 Å². The first-order valence-electron chi connectivity index (χ1n) is 8.45. The van der Waals surface area contributed by atoms with E-state index in [4.69, 9.17) is 4.74 Å². The molecule has 0 spiro atoms. The zero-order chi connectivity index (χ0) is 16.8. The SMILES string of the molecule is O[C@H](COc1ccc(F)cc1)CN1CCC(Cn2cccn2)CC1. The van der Waals surface area contributed by atoms with Crippen LogP contribution in [0.4, 0.5) is 4.39 Å². The van der Waals surface area contributed by atoms with Gasteiger partial charge in [0.2, 0.25) is 0 Å². The minimum Gasteiger partial charge on any atom is -0.491 e. The Bertz CT molecular complexity index is 595. The molecule has 1 atom stereocenters. The van der Waals surface area contributed by atoms with Crippen molar-refractivity contribution in [3.8, 4) is 5.75 Å². The Hall–Kier alpha value is -1.92. The molecule has 1 N–H and O–H groups in total. The summed E-state index contributed by atoms with van der Waals surface area (Å²) in [7, 11) is 0. The van der Waals surface area contributed by atoms with Crippen molar-refractivity contribution in [2.45, 2.75) is 25.5 Å². The topological polar surface area (TPSA) is 50.5 Å². The summed E-state index contributed by atoms with van der Waals surface area (Å²) in [5.41, 5.74) is 0. The second-order valence-electron chi connectivity index (χ2n) is 6.39. The van der Waals surface area contributed by atoms with Crippen LogP contribution in [0.25, 0.3) is 0 Å². The van der Waals surface area contributed by atoms with Crippen LogP contribution in [0.3, 0.4) is 0 Å². The van der Waals surface area contributed by atoms with Crippen molar-refractivity contribution < 1.29 is 14.2 Å². The Morgan fingerprint density at radius 1 is 1.25 bits per heavy atom. The molecular formula is C18H24FN3O2. The van der Waals surface area contributed by atoms with Crippen LogP contribution < -0.4 is 4.74 Å². The van der Waals surface area contributed by atoms with E-state index in [0.717, 1.165) is 32.5 Å². The van der Waals surface area contributed by atoms with E-state index in [1.54, 1.807) is 12.1 Å². The average Bonchev–Trinajstić information content (AvgIpc) is 3.09. The maximum atomic E-state index is 12.8. The van der Waals surface area contributed by atoms with Gasteiger partial charge in [0.25, 0.3) is 0 Å². The first-order valence-corrected chi connectivity index (χ1v) is 8.45. The number of ether oxygens (including phenoxy) is 1. The molecule has 1 aliphatic rings. The Morgan fingerprint density at radius 3 is 2.67 bits per heavy atom. The van der Waals surface area contributed by atoms with Gasteiger partial charge in [0, 0.05) is 25.5 Å². The molecule has 0 aliphatic carbocycles. The molecule has 1 fully saturated rings. The third kappa shape index (κ3) is 5.04. The Morgan fingerprint density at radius 2 is 2.00 bits per heavy atom. The summed E-state index contributed by atoms with van der Waals surface area (Å²) in [4.78, 5) is 2.28. The molecule has 1 aromatic carbocycles. The van der Waals surface area contributed by atoms with Gasteiger partial charge in [0.15, 0.2) is 0 Å². The molecule has 0 unspecified atom stereocenters. The molecular weight excluding hydrogens is 309 g/mol. The minimum atomic E-state index is -0.544. The summed E-state index contributed by atoms with van der Waals surface area (Å²) in [6, 6.07) is 7.80. The lowest BCUT2D eigenvalue weighted by atomic mass is 9.96. The van der Waals surface area contributed by atoms with Crippen molar-refractivity contribution in [2.24, 2.45) is 5.92 Å². The predicted octanol–water partition coefficient (Wildman–Crippen LogP) is 2.17. The second kappa shape index (κ2) is 8.26. The van der Waals surface area contributed by atoms with Crippen molar-refractivity contribution in [3.63, 3.8) is 0 Å². The molecule has 6 heteroatoms. The fourth-order valence-corrected chi connectivity index (χ4v) is 3.10. The molecule has 1 saturated heterocycles. The summed E-state index contributed by atoms with van der Waals surface area (Å²) in [6.07, 6.45) is 5.50. The number of benzene rings is 1. The largest absolute Gasteiger partial charge is 0.491 e. The highest BCUT2D eigenvalue weighted by molar-refractivity contribution is 5.22. The summed E-state index contributed by atoms with van der Waals surface area (Å²) >= 11 is 0. The molecule has 0 amide bonds. The molecule has 2 heterocycles. The van der Waals surface area contributed by atoms with E-state index < -0.39 is 6.10 Å². The number of aromatic nitrogens is 2. The summed E-state index contributed by atoms with van der Waals surface area (Å²) in [6.45, 7) is 3.77. The third-order valence-electron chi connectivity index (χ3n) is 4.44. The fraction of sp³-hybridized carbons (Fsp3) is 0.500. The van der Waals surface area contributed by atoms with Gasteiger partial charge in [0.1, 0.15) is 24.3 Å². The predicted molar refractivity (Wildman–Crippen MR) is 89.3 cm³/mol. The van der Waals surface area contributed by atoms with Gasteiger partial charge in [-0.05, 0) is 62.2 Å². The van der Waals surface area contributed by atoms with Gasteiger partial charge >= 0.3 is 0 Å². The first-order chi connectivity index (χ1) is 11.7. The van der Waals surface area contributed by atoms with Gasteiger partial charge in [-0.2, -0.15) is 5.10 Å². The van der Waals surface area contributed by atoms with E-state index in [9.17, 15) is 9.50 Å². The highest BCUT2D eigenvalue weighted by Crippen LogP contribution is 2.19. The molecule has 0 saturated carbocycles. The Balaban J connectivity index is 1.35. The number of piperidine rings is 1. The molecule has 2 aromatic rings. The van der Waals surface area contributed by atoms with Crippen LogP contribution in [0, 0.1) is 11.7 Å². The number of likely N-dealkylation sites (tertiary alicyclic amines) is 1. The number of nitrogens with zero attached hydrogens (tertiary/aromatic N) is 3. The van der Waals surface area contributed by atoms with Gasteiger partial charge in [-0.15, -0.1) is 0 Å². The van der Waals surface area contributed by atoms with Crippen molar-refractivity contribution in [1.29, 1.82) is 0 Å². The molecule has 5 nitrogen and oxygen atoms in total. The highest BCUT2D eigenvalue weighted by Gasteiger charge is 2.21.